The van der Waals surface area contributed by atoms with Gasteiger partial charge >= 0.3 is 5.97 Å². The fraction of sp³-hybridized carbons (Fsp3) is 0.333. The van der Waals surface area contributed by atoms with Crippen LogP contribution in [0.1, 0.15) is 29.9 Å². The number of nitrogens with one attached hydrogen (secondary N) is 1. The van der Waals surface area contributed by atoms with E-state index in [-0.39, 0.29) is 5.91 Å². The Morgan fingerprint density at radius 2 is 1.96 bits per heavy atom. The van der Waals surface area contributed by atoms with Crippen molar-refractivity contribution in [3.05, 3.63) is 53.9 Å². The van der Waals surface area contributed by atoms with Crippen molar-refractivity contribution in [3.8, 4) is 0 Å². The number of carbonyl (C=O) groups is 2. The third kappa shape index (κ3) is 4.45. The molecule has 24 heavy (non-hydrogen) atoms. The van der Waals surface area contributed by atoms with E-state index in [0.717, 1.165) is 5.56 Å². The van der Waals surface area contributed by atoms with Crippen molar-refractivity contribution in [1.82, 2.24) is 4.57 Å². The van der Waals surface area contributed by atoms with E-state index in [1.165, 1.54) is 7.11 Å². The highest BCUT2D eigenvalue weighted by Crippen LogP contribution is 2.17. The fourth-order valence-electron chi connectivity index (χ4n) is 2.33. The molecule has 0 aliphatic carbocycles. The van der Waals surface area contributed by atoms with Crippen molar-refractivity contribution in [1.29, 1.82) is 0 Å². The van der Waals surface area contributed by atoms with Crippen molar-refractivity contribution in [2.24, 2.45) is 0 Å². The molecule has 2 rings (SSSR count). The van der Waals surface area contributed by atoms with Crippen LogP contribution < -0.4 is 5.32 Å². The maximum absolute atomic E-state index is 12.1. The molecule has 6 nitrogen and oxygen atoms in total. The largest absolute Gasteiger partial charge is 0.464 e. The summed E-state index contributed by atoms with van der Waals surface area (Å²) in [6.07, 6.45) is 1.16. The normalized spacial score (nSPS) is 11.8. The van der Waals surface area contributed by atoms with Crippen LogP contribution in [-0.2, 0) is 20.8 Å². The lowest BCUT2D eigenvalue weighted by atomic mass is 10.2. The van der Waals surface area contributed by atoms with Gasteiger partial charge in [-0.25, -0.2) is 4.79 Å². The minimum atomic E-state index is -0.561. The first-order valence-electron chi connectivity index (χ1n) is 7.80. The van der Waals surface area contributed by atoms with Crippen LogP contribution in [0, 0.1) is 0 Å². The molecule has 1 atom stereocenters. The summed E-state index contributed by atoms with van der Waals surface area (Å²) in [6.45, 7) is 4.47. The van der Waals surface area contributed by atoms with E-state index in [9.17, 15) is 9.59 Å². The van der Waals surface area contributed by atoms with E-state index in [1.54, 1.807) is 23.8 Å². The Morgan fingerprint density at radius 3 is 2.58 bits per heavy atom. The number of rotatable bonds is 7. The molecule has 128 valence electrons. The summed E-state index contributed by atoms with van der Waals surface area (Å²) in [5.74, 6) is -0.714. The van der Waals surface area contributed by atoms with Gasteiger partial charge in [0.15, 0.2) is 0 Å². The first-order chi connectivity index (χ1) is 11.5. The molecule has 0 fully saturated rings. The summed E-state index contributed by atoms with van der Waals surface area (Å²) < 4.78 is 11.8. The number of aromatic nitrogens is 1. The molecular formula is C18H22N2O4. The van der Waals surface area contributed by atoms with Gasteiger partial charge in [0.05, 0.1) is 12.8 Å². The number of anilines is 1. The highest BCUT2D eigenvalue weighted by Gasteiger charge is 2.18. The Bertz CT molecular complexity index is 694. The van der Waals surface area contributed by atoms with E-state index in [2.05, 4.69) is 5.32 Å². The van der Waals surface area contributed by atoms with Crippen molar-refractivity contribution < 1.29 is 19.1 Å². The van der Waals surface area contributed by atoms with E-state index < -0.39 is 12.1 Å². The quantitative estimate of drug-likeness (QED) is 0.793. The van der Waals surface area contributed by atoms with Crippen LogP contribution in [0.15, 0.2) is 42.6 Å². The average molecular weight is 330 g/mol. The zero-order valence-corrected chi connectivity index (χ0v) is 14.1. The Kier molecular flexibility index (Phi) is 6.14. The fourth-order valence-corrected chi connectivity index (χ4v) is 2.33. The van der Waals surface area contributed by atoms with E-state index in [0.29, 0.717) is 24.5 Å². The first-order valence-corrected chi connectivity index (χ1v) is 7.80. The van der Waals surface area contributed by atoms with Crippen molar-refractivity contribution in [2.75, 3.05) is 19.0 Å². The number of amides is 1. The summed E-state index contributed by atoms with van der Waals surface area (Å²) in [5.41, 5.74) is 1.95. The van der Waals surface area contributed by atoms with Gasteiger partial charge in [-0.15, -0.1) is 0 Å². The minimum Gasteiger partial charge on any atom is -0.464 e. The molecule has 1 N–H and O–H groups in total. The Labute approximate surface area is 141 Å². The second-order valence-electron chi connectivity index (χ2n) is 5.31. The second-order valence-corrected chi connectivity index (χ2v) is 5.31. The zero-order valence-electron chi connectivity index (χ0n) is 14.1. The molecular weight excluding hydrogens is 308 g/mol. The van der Waals surface area contributed by atoms with Gasteiger partial charge in [-0.05, 0) is 25.5 Å². The minimum absolute atomic E-state index is 0.259. The molecule has 0 saturated heterocycles. The van der Waals surface area contributed by atoms with Gasteiger partial charge in [-0.2, -0.15) is 0 Å². The lowest BCUT2D eigenvalue weighted by Crippen LogP contribution is -2.27. The maximum atomic E-state index is 12.1. The average Bonchev–Trinajstić information content (AvgIpc) is 2.97. The second kappa shape index (κ2) is 8.31. The van der Waals surface area contributed by atoms with Gasteiger partial charge in [0.25, 0.3) is 5.91 Å². The first kappa shape index (κ1) is 17.7. The lowest BCUT2D eigenvalue weighted by Gasteiger charge is -2.10. The molecule has 0 aliphatic heterocycles. The number of carbonyl (C=O) groups excluding carboxylic acids is 2. The third-order valence-corrected chi connectivity index (χ3v) is 3.54. The van der Waals surface area contributed by atoms with Gasteiger partial charge in [-0.3, -0.25) is 4.79 Å². The molecule has 0 spiro atoms. The van der Waals surface area contributed by atoms with E-state index in [1.807, 2.05) is 37.3 Å². The topological polar surface area (TPSA) is 69.6 Å². The Balaban J connectivity index is 2.21. The standard InChI is InChI=1S/C18H22N2O4/c1-4-24-13(2)17(21)19-15-10-16(18(22)23-3)20(12-15)11-14-8-6-5-7-9-14/h5-10,12-13H,4,11H2,1-3H3,(H,19,21)/t13-/m0/s1. The molecule has 0 bridgehead atoms. The number of hydrogen-bond acceptors (Lipinski definition) is 4. The van der Waals surface area contributed by atoms with Crippen LogP contribution in [0.25, 0.3) is 0 Å². The monoisotopic (exact) mass is 330 g/mol. The maximum Gasteiger partial charge on any atom is 0.354 e. The van der Waals surface area contributed by atoms with Crippen molar-refractivity contribution in [2.45, 2.75) is 26.5 Å². The molecule has 1 aromatic carbocycles. The molecule has 0 saturated carbocycles. The third-order valence-electron chi connectivity index (χ3n) is 3.54. The molecule has 0 aliphatic rings. The number of benzene rings is 1. The molecule has 1 aromatic heterocycles. The summed E-state index contributed by atoms with van der Waals surface area (Å²) in [4.78, 5) is 24.0. The predicted octanol–water partition coefficient (Wildman–Crippen LogP) is 2.69. The predicted molar refractivity (Wildman–Crippen MR) is 91.0 cm³/mol. The van der Waals surface area contributed by atoms with Crippen LogP contribution in [-0.4, -0.2) is 36.3 Å². The number of methoxy groups -OCH3 is 1. The van der Waals surface area contributed by atoms with E-state index >= 15 is 0 Å². The summed E-state index contributed by atoms with van der Waals surface area (Å²) in [6, 6.07) is 11.3. The number of ether oxygens (including phenoxy) is 2. The summed E-state index contributed by atoms with van der Waals surface area (Å²) in [7, 11) is 1.33. The molecule has 0 radical (unpaired) electrons. The van der Waals surface area contributed by atoms with Gasteiger partial charge in [0.2, 0.25) is 0 Å². The van der Waals surface area contributed by atoms with Crippen LogP contribution in [0.3, 0.4) is 0 Å². The van der Waals surface area contributed by atoms with Gasteiger partial charge in [0.1, 0.15) is 11.8 Å². The molecule has 6 heteroatoms. The SMILES string of the molecule is CCO[C@@H](C)C(=O)Nc1cc(C(=O)OC)n(Cc2ccccc2)c1. The summed E-state index contributed by atoms with van der Waals surface area (Å²) in [5, 5.41) is 2.76. The molecule has 2 aromatic rings. The van der Waals surface area contributed by atoms with Crippen LogP contribution in [0.4, 0.5) is 5.69 Å². The number of hydrogen-bond donors (Lipinski definition) is 1. The van der Waals surface area contributed by atoms with Crippen molar-refractivity contribution >= 4 is 17.6 Å². The van der Waals surface area contributed by atoms with Gasteiger partial charge < -0.3 is 19.4 Å². The van der Waals surface area contributed by atoms with Gasteiger partial charge in [-0.1, -0.05) is 30.3 Å². The van der Waals surface area contributed by atoms with Crippen LogP contribution >= 0.6 is 0 Å². The molecule has 0 unspecified atom stereocenters. The zero-order chi connectivity index (χ0) is 17.5. The smallest absolute Gasteiger partial charge is 0.354 e. The molecule has 1 amide bonds. The molecule has 1 heterocycles. The number of esters is 1. The highest BCUT2D eigenvalue weighted by molar-refractivity contribution is 5.96. The van der Waals surface area contributed by atoms with Gasteiger partial charge in [0, 0.05) is 19.3 Å². The summed E-state index contributed by atoms with van der Waals surface area (Å²) >= 11 is 0. The highest BCUT2D eigenvalue weighted by atomic mass is 16.5. The van der Waals surface area contributed by atoms with Crippen molar-refractivity contribution in [3.63, 3.8) is 0 Å². The van der Waals surface area contributed by atoms with Crippen LogP contribution in [0.5, 0.6) is 0 Å². The van der Waals surface area contributed by atoms with Crippen LogP contribution in [0.2, 0.25) is 0 Å². The number of nitrogens with zero attached hydrogens (tertiary/aromatic N) is 1. The van der Waals surface area contributed by atoms with E-state index in [4.69, 9.17) is 9.47 Å². The lowest BCUT2D eigenvalue weighted by molar-refractivity contribution is -0.126. The Hall–Kier alpha value is -2.60. The Morgan fingerprint density at radius 1 is 1.25 bits per heavy atom.